The summed E-state index contributed by atoms with van der Waals surface area (Å²) in [5.41, 5.74) is 3.31. The Morgan fingerprint density at radius 3 is 2.39 bits per heavy atom. The number of halogens is 2. The molecule has 0 aliphatic heterocycles. The third kappa shape index (κ3) is 6.91. The lowest BCUT2D eigenvalue weighted by molar-refractivity contribution is -0.118. The van der Waals surface area contributed by atoms with Gasteiger partial charge in [0.05, 0.1) is 10.2 Å². The first-order valence-corrected chi connectivity index (χ1v) is 11.9. The summed E-state index contributed by atoms with van der Waals surface area (Å²) < 4.78 is 14.2. The van der Waals surface area contributed by atoms with Gasteiger partial charge in [-0.3, -0.25) is 9.69 Å². The maximum atomic E-state index is 13.1. The summed E-state index contributed by atoms with van der Waals surface area (Å²) in [7, 11) is 4.02. The second-order valence-electron chi connectivity index (χ2n) is 7.63. The van der Waals surface area contributed by atoms with Crippen LogP contribution in [0.1, 0.15) is 24.0 Å². The van der Waals surface area contributed by atoms with Crippen LogP contribution >= 0.6 is 35.5 Å². The fourth-order valence-electron chi connectivity index (χ4n) is 3.07. The first-order valence-electron chi connectivity index (χ1n) is 10.1. The lowest BCUT2D eigenvalue weighted by atomic mass is 10.1. The molecule has 0 saturated carbocycles. The molecule has 0 aliphatic rings. The van der Waals surface area contributed by atoms with E-state index in [1.807, 2.05) is 19.0 Å². The van der Waals surface area contributed by atoms with Crippen molar-refractivity contribution in [1.82, 2.24) is 9.88 Å². The lowest BCUT2D eigenvalue weighted by Crippen LogP contribution is -2.36. The standard InChI is InChI=1S/C23H28FN3OS2.ClH/c1-16-7-8-17(2)22-21(16)25-23(30-22)27(14-13-26(3)4)20(28)6-5-15-29-19-11-9-18(24)10-12-19;/h7-12H,5-6,13-15H2,1-4H3;1H. The van der Waals surface area contributed by atoms with Crippen LogP contribution in [0, 0.1) is 19.7 Å². The number of benzene rings is 2. The first-order chi connectivity index (χ1) is 14.3. The number of thiazole rings is 1. The van der Waals surface area contributed by atoms with Crippen molar-refractivity contribution >= 4 is 56.8 Å². The van der Waals surface area contributed by atoms with Crippen molar-refractivity contribution in [3.63, 3.8) is 0 Å². The minimum Gasteiger partial charge on any atom is -0.308 e. The number of nitrogens with zero attached hydrogens (tertiary/aromatic N) is 3. The molecule has 4 nitrogen and oxygen atoms in total. The summed E-state index contributed by atoms with van der Waals surface area (Å²) in [4.78, 5) is 22.8. The van der Waals surface area contributed by atoms with Crippen LogP contribution in [0.3, 0.4) is 0 Å². The van der Waals surface area contributed by atoms with E-state index in [4.69, 9.17) is 4.98 Å². The Morgan fingerprint density at radius 1 is 1.06 bits per heavy atom. The Kier molecular flexibility index (Phi) is 9.75. The van der Waals surface area contributed by atoms with E-state index >= 15 is 0 Å². The van der Waals surface area contributed by atoms with E-state index in [0.717, 1.165) is 44.5 Å². The van der Waals surface area contributed by atoms with Gasteiger partial charge in [-0.25, -0.2) is 9.37 Å². The molecule has 0 bridgehead atoms. The van der Waals surface area contributed by atoms with Crippen LogP contribution in [0.5, 0.6) is 0 Å². The minimum absolute atomic E-state index is 0. The quantitative estimate of drug-likeness (QED) is 0.280. The Bertz CT molecular complexity index is 969. The van der Waals surface area contributed by atoms with Gasteiger partial charge in [0.1, 0.15) is 5.82 Å². The number of carbonyl (C=O) groups excluding carboxylic acids is 1. The molecule has 0 spiro atoms. The molecule has 1 heterocycles. The van der Waals surface area contributed by atoms with Gasteiger partial charge in [-0.1, -0.05) is 23.5 Å². The number of carbonyl (C=O) groups is 1. The van der Waals surface area contributed by atoms with Crippen LogP contribution in [0.2, 0.25) is 0 Å². The number of aromatic nitrogens is 1. The number of fused-ring (bicyclic) bond motifs is 1. The normalized spacial score (nSPS) is 11.0. The van der Waals surface area contributed by atoms with E-state index in [1.165, 1.54) is 17.7 Å². The van der Waals surface area contributed by atoms with E-state index in [1.54, 1.807) is 35.2 Å². The predicted molar refractivity (Wildman–Crippen MR) is 134 cm³/mol. The van der Waals surface area contributed by atoms with Gasteiger partial charge in [-0.15, -0.1) is 24.2 Å². The zero-order valence-electron chi connectivity index (χ0n) is 18.4. The molecule has 0 N–H and O–H groups in total. The predicted octanol–water partition coefficient (Wildman–Crippen LogP) is 5.94. The molecule has 8 heteroatoms. The van der Waals surface area contributed by atoms with Gasteiger partial charge >= 0.3 is 0 Å². The number of aryl methyl sites for hydroxylation is 2. The second-order valence-corrected chi connectivity index (χ2v) is 9.77. The molecule has 1 aromatic heterocycles. The van der Waals surface area contributed by atoms with Crippen LogP contribution in [0.4, 0.5) is 9.52 Å². The van der Waals surface area contributed by atoms with Gasteiger partial charge in [0.2, 0.25) is 5.91 Å². The molecular formula is C23H29ClFN3OS2. The van der Waals surface area contributed by atoms with Gasteiger partial charge in [0, 0.05) is 24.4 Å². The van der Waals surface area contributed by atoms with Crippen molar-refractivity contribution in [3.8, 4) is 0 Å². The van der Waals surface area contributed by atoms with Gasteiger partial charge in [-0.05, 0) is 75.5 Å². The van der Waals surface area contributed by atoms with Crippen molar-refractivity contribution in [2.45, 2.75) is 31.6 Å². The van der Waals surface area contributed by atoms with Crippen molar-refractivity contribution in [2.24, 2.45) is 0 Å². The van der Waals surface area contributed by atoms with E-state index < -0.39 is 0 Å². The van der Waals surface area contributed by atoms with E-state index in [2.05, 4.69) is 30.9 Å². The average Bonchev–Trinajstić information content (AvgIpc) is 3.16. The summed E-state index contributed by atoms with van der Waals surface area (Å²) >= 11 is 3.24. The number of likely N-dealkylation sites (N-methyl/N-ethyl adjacent to an activating group) is 1. The molecule has 0 fully saturated rings. The Morgan fingerprint density at radius 2 is 1.74 bits per heavy atom. The molecule has 0 aliphatic carbocycles. The fourth-order valence-corrected chi connectivity index (χ4v) is 5.08. The highest BCUT2D eigenvalue weighted by molar-refractivity contribution is 7.99. The molecule has 2 aromatic carbocycles. The van der Waals surface area contributed by atoms with E-state index in [-0.39, 0.29) is 24.1 Å². The number of hydrogen-bond donors (Lipinski definition) is 0. The SMILES string of the molecule is Cc1ccc(C)c2sc(N(CCN(C)C)C(=O)CCCSc3ccc(F)cc3)nc12.Cl. The fraction of sp³-hybridized carbons (Fsp3) is 0.391. The van der Waals surface area contributed by atoms with Gasteiger partial charge < -0.3 is 4.90 Å². The molecule has 0 radical (unpaired) electrons. The topological polar surface area (TPSA) is 36.4 Å². The number of rotatable bonds is 9. The lowest BCUT2D eigenvalue weighted by Gasteiger charge is -2.22. The molecule has 1 amide bonds. The minimum atomic E-state index is -0.229. The molecule has 3 aromatic rings. The summed E-state index contributed by atoms with van der Waals surface area (Å²) in [5, 5.41) is 0.778. The molecule has 31 heavy (non-hydrogen) atoms. The largest absolute Gasteiger partial charge is 0.308 e. The highest BCUT2D eigenvalue weighted by Crippen LogP contribution is 2.33. The molecule has 3 rings (SSSR count). The second kappa shape index (κ2) is 11.8. The third-order valence-electron chi connectivity index (χ3n) is 4.85. The number of hydrogen-bond acceptors (Lipinski definition) is 5. The van der Waals surface area contributed by atoms with Crippen LogP contribution in [0.25, 0.3) is 10.2 Å². The van der Waals surface area contributed by atoms with E-state index in [9.17, 15) is 9.18 Å². The summed E-state index contributed by atoms with van der Waals surface area (Å²) in [6.45, 7) is 5.55. The first kappa shape index (κ1) is 25.6. The molecule has 0 saturated heterocycles. The molecular weight excluding hydrogens is 453 g/mol. The number of amides is 1. The molecule has 0 unspecified atom stereocenters. The number of anilines is 1. The Labute approximate surface area is 198 Å². The van der Waals surface area contributed by atoms with E-state index in [0.29, 0.717) is 13.0 Å². The third-order valence-corrected chi connectivity index (χ3v) is 7.16. The van der Waals surface area contributed by atoms with Crippen molar-refractivity contribution in [1.29, 1.82) is 0 Å². The summed E-state index contributed by atoms with van der Waals surface area (Å²) in [6.07, 6.45) is 1.23. The zero-order chi connectivity index (χ0) is 21.7. The van der Waals surface area contributed by atoms with Gasteiger partial charge in [0.15, 0.2) is 5.13 Å². The van der Waals surface area contributed by atoms with Gasteiger partial charge in [0.25, 0.3) is 0 Å². The zero-order valence-corrected chi connectivity index (χ0v) is 20.8. The molecule has 168 valence electrons. The van der Waals surface area contributed by atoms with Crippen LogP contribution in [-0.4, -0.2) is 48.7 Å². The highest BCUT2D eigenvalue weighted by Gasteiger charge is 2.20. The maximum absolute atomic E-state index is 13.1. The van der Waals surface area contributed by atoms with Crippen molar-refractivity contribution < 1.29 is 9.18 Å². The van der Waals surface area contributed by atoms with Crippen LogP contribution in [-0.2, 0) is 4.79 Å². The maximum Gasteiger partial charge on any atom is 0.228 e. The average molecular weight is 482 g/mol. The van der Waals surface area contributed by atoms with Gasteiger partial charge in [-0.2, -0.15) is 0 Å². The monoisotopic (exact) mass is 481 g/mol. The van der Waals surface area contributed by atoms with Crippen molar-refractivity contribution in [3.05, 3.63) is 53.3 Å². The van der Waals surface area contributed by atoms with Crippen molar-refractivity contribution in [2.75, 3.05) is 37.8 Å². The number of thioether (sulfide) groups is 1. The smallest absolute Gasteiger partial charge is 0.228 e. The van der Waals surface area contributed by atoms with Crippen LogP contribution < -0.4 is 4.90 Å². The Hall–Kier alpha value is -1.67. The summed E-state index contributed by atoms with van der Waals surface area (Å²) in [5.74, 6) is 0.690. The van der Waals surface area contributed by atoms with Crippen LogP contribution in [0.15, 0.2) is 41.3 Å². The highest BCUT2D eigenvalue weighted by atomic mass is 35.5. The Balaban J connectivity index is 0.00000341. The summed E-state index contributed by atoms with van der Waals surface area (Å²) in [6, 6.07) is 10.7. The molecule has 0 atom stereocenters.